The van der Waals surface area contributed by atoms with Gasteiger partial charge in [-0.15, -0.1) is 0 Å². The molecule has 0 N–H and O–H groups in total. The highest BCUT2D eigenvalue weighted by Crippen LogP contribution is 2.31. The summed E-state index contributed by atoms with van der Waals surface area (Å²) in [6.45, 7) is 3.73. The molecule has 2 nitrogen and oxygen atoms in total. The van der Waals surface area contributed by atoms with Crippen LogP contribution in [-0.2, 0) is 0 Å². The minimum absolute atomic E-state index is 0.207. The second-order valence-electron chi connectivity index (χ2n) is 4.31. The zero-order valence-corrected chi connectivity index (χ0v) is 8.87. The fraction of sp³-hybridized carbons (Fsp3) is 0.545. The minimum Gasteiger partial charge on any atom is -0.344 e. The average Bonchev–Trinajstić information content (AvgIpc) is 2.14. The smallest absolute Gasteiger partial charge is 0.282 e. The van der Waals surface area contributed by atoms with Crippen molar-refractivity contribution in [3.8, 4) is 0 Å². The van der Waals surface area contributed by atoms with Crippen LogP contribution in [0.2, 0.25) is 0 Å². The van der Waals surface area contributed by atoms with Crippen LogP contribution in [0.15, 0.2) is 18.3 Å². The predicted molar refractivity (Wildman–Crippen MR) is 55.5 cm³/mol. The Morgan fingerprint density at radius 2 is 2.07 bits per heavy atom. The normalized spacial score (nSPS) is 19.1. The van der Waals surface area contributed by atoms with Crippen LogP contribution in [0.1, 0.15) is 25.3 Å². The standard InChI is InChI=1S/C11H14F2N2/c1-8(2)9-3-4-14-10(5-9)15-6-11(12,13)7-15/h3-5,8H,6-7H2,1-2H3. The van der Waals surface area contributed by atoms with Crippen LogP contribution in [0.5, 0.6) is 0 Å². The van der Waals surface area contributed by atoms with E-state index in [2.05, 4.69) is 18.8 Å². The topological polar surface area (TPSA) is 16.1 Å². The molecule has 0 aliphatic carbocycles. The summed E-state index contributed by atoms with van der Waals surface area (Å²) < 4.78 is 25.3. The Morgan fingerprint density at radius 3 is 2.60 bits per heavy atom. The van der Waals surface area contributed by atoms with Crippen molar-refractivity contribution < 1.29 is 8.78 Å². The average molecular weight is 212 g/mol. The van der Waals surface area contributed by atoms with Crippen LogP contribution in [0.3, 0.4) is 0 Å². The number of pyridine rings is 1. The lowest BCUT2D eigenvalue weighted by atomic mass is 10.0. The summed E-state index contributed by atoms with van der Waals surface area (Å²) in [5.41, 5.74) is 1.13. The Morgan fingerprint density at radius 1 is 1.40 bits per heavy atom. The van der Waals surface area contributed by atoms with Gasteiger partial charge in [0.2, 0.25) is 0 Å². The number of hydrogen-bond donors (Lipinski definition) is 0. The van der Waals surface area contributed by atoms with Crippen molar-refractivity contribution in [1.82, 2.24) is 4.98 Å². The zero-order valence-electron chi connectivity index (χ0n) is 8.87. The second-order valence-corrected chi connectivity index (χ2v) is 4.31. The number of nitrogens with zero attached hydrogens (tertiary/aromatic N) is 2. The van der Waals surface area contributed by atoms with Gasteiger partial charge in [-0.05, 0) is 23.6 Å². The molecule has 0 amide bonds. The Bertz CT molecular complexity index is 355. The van der Waals surface area contributed by atoms with Gasteiger partial charge in [-0.2, -0.15) is 0 Å². The predicted octanol–water partition coefficient (Wildman–Crippen LogP) is 2.66. The van der Waals surface area contributed by atoms with Gasteiger partial charge in [0.05, 0.1) is 13.1 Å². The molecule has 1 aromatic heterocycles. The summed E-state index contributed by atoms with van der Waals surface area (Å²) in [6.07, 6.45) is 1.68. The number of anilines is 1. The maximum atomic E-state index is 12.7. The van der Waals surface area contributed by atoms with Crippen molar-refractivity contribution in [1.29, 1.82) is 0 Å². The van der Waals surface area contributed by atoms with Crippen LogP contribution in [0.25, 0.3) is 0 Å². The summed E-state index contributed by atoms with van der Waals surface area (Å²) in [6, 6.07) is 3.81. The van der Waals surface area contributed by atoms with Gasteiger partial charge in [0.1, 0.15) is 5.82 Å². The van der Waals surface area contributed by atoms with E-state index in [1.807, 2.05) is 12.1 Å². The quantitative estimate of drug-likeness (QED) is 0.749. The summed E-state index contributed by atoms with van der Waals surface area (Å²) in [5, 5.41) is 0. The van der Waals surface area contributed by atoms with Gasteiger partial charge in [-0.1, -0.05) is 13.8 Å². The molecule has 0 radical (unpaired) electrons. The molecule has 0 spiro atoms. The number of aromatic nitrogens is 1. The summed E-state index contributed by atoms with van der Waals surface area (Å²) in [5.74, 6) is -1.48. The van der Waals surface area contributed by atoms with Gasteiger partial charge in [0.25, 0.3) is 5.92 Å². The maximum absolute atomic E-state index is 12.7. The van der Waals surface area contributed by atoms with E-state index < -0.39 is 5.92 Å². The Kier molecular flexibility index (Phi) is 2.37. The molecule has 2 heterocycles. The van der Waals surface area contributed by atoms with E-state index >= 15 is 0 Å². The first-order valence-electron chi connectivity index (χ1n) is 5.07. The first-order valence-corrected chi connectivity index (χ1v) is 5.07. The third kappa shape index (κ3) is 2.08. The largest absolute Gasteiger partial charge is 0.344 e. The number of rotatable bonds is 2. The Labute approximate surface area is 87.9 Å². The van der Waals surface area contributed by atoms with E-state index in [9.17, 15) is 8.78 Å². The molecule has 15 heavy (non-hydrogen) atoms. The van der Waals surface area contributed by atoms with Gasteiger partial charge < -0.3 is 4.90 Å². The molecule has 2 rings (SSSR count). The molecule has 0 atom stereocenters. The van der Waals surface area contributed by atoms with E-state index in [0.29, 0.717) is 11.7 Å². The van der Waals surface area contributed by atoms with Crippen LogP contribution >= 0.6 is 0 Å². The monoisotopic (exact) mass is 212 g/mol. The molecule has 82 valence electrons. The number of halogens is 2. The molecule has 0 bridgehead atoms. The van der Waals surface area contributed by atoms with Gasteiger partial charge in [0.15, 0.2) is 0 Å². The molecular weight excluding hydrogens is 198 g/mol. The number of alkyl halides is 2. The highest BCUT2D eigenvalue weighted by atomic mass is 19.3. The molecule has 1 saturated heterocycles. The lowest BCUT2D eigenvalue weighted by molar-refractivity contribution is -0.0267. The van der Waals surface area contributed by atoms with E-state index in [0.717, 1.165) is 5.56 Å². The maximum Gasteiger partial charge on any atom is 0.282 e. The highest BCUT2D eigenvalue weighted by Gasteiger charge is 2.44. The summed E-state index contributed by atoms with van der Waals surface area (Å²) in [4.78, 5) is 5.70. The van der Waals surface area contributed by atoms with Crippen molar-refractivity contribution in [3.63, 3.8) is 0 Å². The molecule has 1 aromatic rings. The first-order chi connectivity index (χ1) is 6.98. The zero-order chi connectivity index (χ0) is 11.1. The van der Waals surface area contributed by atoms with Crippen LogP contribution < -0.4 is 4.90 Å². The first kappa shape index (κ1) is 10.3. The molecule has 0 saturated carbocycles. The Hall–Kier alpha value is -1.19. The molecule has 0 aromatic carbocycles. The molecule has 4 heteroatoms. The SMILES string of the molecule is CC(C)c1ccnc(N2CC(F)(F)C2)c1. The van der Waals surface area contributed by atoms with Crippen LogP contribution in [-0.4, -0.2) is 24.0 Å². The lowest BCUT2D eigenvalue weighted by Crippen LogP contribution is -2.56. The van der Waals surface area contributed by atoms with E-state index in [1.54, 1.807) is 11.1 Å². The van der Waals surface area contributed by atoms with Gasteiger partial charge >= 0.3 is 0 Å². The van der Waals surface area contributed by atoms with E-state index in [1.165, 1.54) is 0 Å². The fourth-order valence-corrected chi connectivity index (χ4v) is 1.64. The van der Waals surface area contributed by atoms with Gasteiger partial charge in [-0.25, -0.2) is 13.8 Å². The lowest BCUT2D eigenvalue weighted by Gasteiger charge is -2.39. The Balaban J connectivity index is 2.13. The summed E-state index contributed by atoms with van der Waals surface area (Å²) in [7, 11) is 0. The number of hydrogen-bond acceptors (Lipinski definition) is 2. The third-order valence-electron chi connectivity index (χ3n) is 2.60. The summed E-state index contributed by atoms with van der Waals surface area (Å²) >= 11 is 0. The second kappa shape index (κ2) is 3.43. The molecule has 1 fully saturated rings. The van der Waals surface area contributed by atoms with Crippen molar-refractivity contribution >= 4 is 5.82 Å². The molecule has 0 unspecified atom stereocenters. The fourth-order valence-electron chi connectivity index (χ4n) is 1.64. The molecular formula is C11H14F2N2. The van der Waals surface area contributed by atoms with Crippen LogP contribution in [0, 0.1) is 0 Å². The van der Waals surface area contributed by atoms with E-state index in [-0.39, 0.29) is 13.1 Å². The van der Waals surface area contributed by atoms with Crippen molar-refractivity contribution in [2.24, 2.45) is 0 Å². The van der Waals surface area contributed by atoms with Gasteiger partial charge in [-0.3, -0.25) is 0 Å². The third-order valence-corrected chi connectivity index (χ3v) is 2.60. The van der Waals surface area contributed by atoms with Crippen molar-refractivity contribution in [2.75, 3.05) is 18.0 Å². The van der Waals surface area contributed by atoms with Crippen molar-refractivity contribution in [2.45, 2.75) is 25.7 Å². The van der Waals surface area contributed by atoms with Crippen molar-refractivity contribution in [3.05, 3.63) is 23.9 Å². The minimum atomic E-state index is -2.53. The van der Waals surface area contributed by atoms with E-state index in [4.69, 9.17) is 0 Å². The van der Waals surface area contributed by atoms with Gasteiger partial charge in [0, 0.05) is 6.20 Å². The molecule has 1 aliphatic rings. The highest BCUT2D eigenvalue weighted by molar-refractivity contribution is 5.45. The van der Waals surface area contributed by atoms with Crippen LogP contribution in [0.4, 0.5) is 14.6 Å². The molecule has 1 aliphatic heterocycles.